The number of aliphatic hydroxyl groups is 1. The number of piperazine rings is 1. The molecule has 0 spiro atoms. The van der Waals surface area contributed by atoms with Crippen LogP contribution in [0.25, 0.3) is 0 Å². The molecule has 1 unspecified atom stereocenters. The van der Waals surface area contributed by atoms with E-state index in [0.29, 0.717) is 30.0 Å². The summed E-state index contributed by atoms with van der Waals surface area (Å²) < 4.78 is 14.8. The maximum atomic E-state index is 14.8. The summed E-state index contributed by atoms with van der Waals surface area (Å²) in [6.07, 6.45) is 4.36. The second-order valence-electron chi connectivity index (χ2n) is 7.46. The summed E-state index contributed by atoms with van der Waals surface area (Å²) in [5.41, 5.74) is 3.81. The summed E-state index contributed by atoms with van der Waals surface area (Å²) in [5.74, 6) is -0.309. The molecule has 1 fully saturated rings. The quantitative estimate of drug-likeness (QED) is 0.722. The Kier molecular flexibility index (Phi) is 5.83. The van der Waals surface area contributed by atoms with Gasteiger partial charge in [-0.05, 0) is 42.3 Å². The molecule has 2 aromatic heterocycles. The summed E-state index contributed by atoms with van der Waals surface area (Å²) >= 11 is 0. The Morgan fingerprint density at radius 1 is 1.03 bits per heavy atom. The minimum atomic E-state index is -0.962. The van der Waals surface area contributed by atoms with Crippen LogP contribution < -0.4 is 4.90 Å². The van der Waals surface area contributed by atoms with Crippen LogP contribution in [0.3, 0.4) is 0 Å². The molecule has 4 rings (SSSR count). The van der Waals surface area contributed by atoms with E-state index in [4.69, 9.17) is 0 Å². The van der Waals surface area contributed by atoms with Crippen molar-refractivity contribution in [3.8, 4) is 0 Å². The van der Waals surface area contributed by atoms with Gasteiger partial charge < -0.3 is 10.0 Å². The summed E-state index contributed by atoms with van der Waals surface area (Å²) in [6, 6.07) is 12.6. The first kappa shape index (κ1) is 19.5. The molecule has 0 bridgehead atoms. The average Bonchev–Trinajstić information content (AvgIpc) is 2.75. The van der Waals surface area contributed by atoms with E-state index in [1.54, 1.807) is 36.8 Å². The van der Waals surface area contributed by atoms with E-state index in [1.807, 2.05) is 30.0 Å². The lowest BCUT2D eigenvalue weighted by Crippen LogP contribution is -2.46. The zero-order valence-corrected chi connectivity index (χ0v) is 16.5. The SMILES string of the molecule is Cc1ccc(C(O)c2cccc(F)c2N2CCN(Cc3ccncc3)CC2)nc1. The molecule has 0 radical (unpaired) electrons. The van der Waals surface area contributed by atoms with Crippen LogP contribution >= 0.6 is 0 Å². The lowest BCUT2D eigenvalue weighted by Gasteiger charge is -2.37. The van der Waals surface area contributed by atoms with Crippen molar-refractivity contribution in [3.05, 3.63) is 89.3 Å². The third-order valence-electron chi connectivity index (χ3n) is 5.37. The van der Waals surface area contributed by atoms with Gasteiger partial charge in [-0.2, -0.15) is 0 Å². The number of pyridine rings is 2. The fraction of sp³-hybridized carbons (Fsp3) is 0.304. The van der Waals surface area contributed by atoms with Crippen molar-refractivity contribution in [2.75, 3.05) is 31.1 Å². The predicted octanol–water partition coefficient (Wildman–Crippen LogP) is 3.33. The van der Waals surface area contributed by atoms with Crippen LogP contribution in [-0.2, 0) is 6.54 Å². The van der Waals surface area contributed by atoms with Crippen molar-refractivity contribution in [2.24, 2.45) is 0 Å². The van der Waals surface area contributed by atoms with E-state index in [9.17, 15) is 9.50 Å². The highest BCUT2D eigenvalue weighted by Gasteiger charge is 2.25. The minimum Gasteiger partial charge on any atom is -0.382 e. The first-order valence-electron chi connectivity index (χ1n) is 9.87. The maximum Gasteiger partial charge on any atom is 0.146 e. The smallest absolute Gasteiger partial charge is 0.146 e. The predicted molar refractivity (Wildman–Crippen MR) is 111 cm³/mol. The van der Waals surface area contributed by atoms with Gasteiger partial charge in [-0.25, -0.2) is 4.39 Å². The highest BCUT2D eigenvalue weighted by molar-refractivity contribution is 5.57. The number of hydrogen-bond donors (Lipinski definition) is 1. The molecule has 1 aliphatic heterocycles. The number of rotatable bonds is 5. The molecule has 3 aromatic rings. The minimum absolute atomic E-state index is 0.309. The van der Waals surface area contributed by atoms with Gasteiger partial charge in [0.2, 0.25) is 0 Å². The average molecular weight is 392 g/mol. The second kappa shape index (κ2) is 8.68. The molecule has 29 heavy (non-hydrogen) atoms. The molecule has 0 amide bonds. The highest BCUT2D eigenvalue weighted by Crippen LogP contribution is 2.33. The van der Waals surface area contributed by atoms with Gasteiger partial charge in [-0.1, -0.05) is 18.2 Å². The van der Waals surface area contributed by atoms with Gasteiger partial charge in [0.05, 0.1) is 11.4 Å². The summed E-state index contributed by atoms with van der Waals surface area (Å²) in [6.45, 7) is 5.86. The Labute approximate surface area is 170 Å². The van der Waals surface area contributed by atoms with Crippen molar-refractivity contribution >= 4 is 5.69 Å². The van der Waals surface area contributed by atoms with Gasteiger partial charge in [0, 0.05) is 56.9 Å². The molecule has 150 valence electrons. The van der Waals surface area contributed by atoms with Gasteiger partial charge in [0.15, 0.2) is 0 Å². The molecule has 6 heteroatoms. The van der Waals surface area contributed by atoms with Crippen LogP contribution in [0.4, 0.5) is 10.1 Å². The number of benzene rings is 1. The normalized spacial score (nSPS) is 16.0. The third kappa shape index (κ3) is 4.44. The molecule has 1 aromatic carbocycles. The molecule has 0 saturated carbocycles. The van der Waals surface area contributed by atoms with Crippen LogP contribution in [-0.4, -0.2) is 46.2 Å². The number of nitrogens with zero attached hydrogens (tertiary/aromatic N) is 4. The lowest BCUT2D eigenvalue weighted by molar-refractivity contribution is 0.213. The van der Waals surface area contributed by atoms with E-state index in [0.717, 1.165) is 25.2 Å². The molecule has 3 heterocycles. The molecular formula is C23H25FN4O. The summed E-state index contributed by atoms with van der Waals surface area (Å²) in [5, 5.41) is 10.9. The van der Waals surface area contributed by atoms with Gasteiger partial charge in [-0.3, -0.25) is 14.9 Å². The molecule has 0 aliphatic carbocycles. The van der Waals surface area contributed by atoms with Crippen molar-refractivity contribution in [1.82, 2.24) is 14.9 Å². The Hall–Kier alpha value is -2.83. The Bertz CT molecular complexity index is 941. The monoisotopic (exact) mass is 392 g/mol. The standard InChI is InChI=1S/C23H25FN4O/c1-17-5-6-21(26-15-17)23(29)19-3-2-4-20(24)22(19)28-13-11-27(12-14-28)16-18-7-9-25-10-8-18/h2-10,15,23,29H,11-14,16H2,1H3. The third-order valence-corrected chi connectivity index (χ3v) is 5.37. The zero-order chi connectivity index (χ0) is 20.2. The van der Waals surface area contributed by atoms with Gasteiger partial charge in [-0.15, -0.1) is 0 Å². The van der Waals surface area contributed by atoms with Crippen LogP contribution in [0.15, 0.2) is 61.1 Å². The van der Waals surface area contributed by atoms with Crippen molar-refractivity contribution in [3.63, 3.8) is 0 Å². The number of halogens is 1. The maximum absolute atomic E-state index is 14.8. The number of hydrogen-bond acceptors (Lipinski definition) is 5. The number of anilines is 1. The van der Waals surface area contributed by atoms with E-state index in [1.165, 1.54) is 11.6 Å². The van der Waals surface area contributed by atoms with Gasteiger partial charge >= 0.3 is 0 Å². The van der Waals surface area contributed by atoms with Crippen molar-refractivity contribution in [2.45, 2.75) is 19.6 Å². The molecule has 1 aliphatic rings. The Morgan fingerprint density at radius 2 is 1.79 bits per heavy atom. The van der Waals surface area contributed by atoms with E-state index in [2.05, 4.69) is 14.9 Å². The summed E-state index contributed by atoms with van der Waals surface area (Å²) in [7, 11) is 0. The fourth-order valence-corrected chi connectivity index (χ4v) is 3.76. The van der Waals surface area contributed by atoms with E-state index < -0.39 is 6.10 Å². The number of para-hydroxylation sites is 1. The van der Waals surface area contributed by atoms with Crippen LogP contribution in [0.1, 0.15) is 28.5 Å². The van der Waals surface area contributed by atoms with E-state index >= 15 is 0 Å². The molecular weight excluding hydrogens is 367 g/mol. The Balaban J connectivity index is 1.51. The van der Waals surface area contributed by atoms with Gasteiger partial charge in [0.25, 0.3) is 0 Å². The highest BCUT2D eigenvalue weighted by atomic mass is 19.1. The number of aryl methyl sites for hydroxylation is 1. The first-order valence-corrected chi connectivity index (χ1v) is 9.87. The summed E-state index contributed by atoms with van der Waals surface area (Å²) in [4.78, 5) is 12.8. The molecule has 1 atom stereocenters. The van der Waals surface area contributed by atoms with Gasteiger partial charge in [0.1, 0.15) is 11.9 Å². The van der Waals surface area contributed by atoms with Crippen molar-refractivity contribution < 1.29 is 9.50 Å². The van der Waals surface area contributed by atoms with Crippen LogP contribution in [0.5, 0.6) is 0 Å². The zero-order valence-electron chi connectivity index (χ0n) is 16.5. The van der Waals surface area contributed by atoms with Crippen molar-refractivity contribution in [1.29, 1.82) is 0 Å². The molecule has 5 nitrogen and oxygen atoms in total. The fourth-order valence-electron chi connectivity index (χ4n) is 3.76. The largest absolute Gasteiger partial charge is 0.382 e. The molecule has 1 N–H and O–H groups in total. The molecule has 1 saturated heterocycles. The number of aliphatic hydroxyl groups excluding tert-OH is 1. The lowest BCUT2D eigenvalue weighted by atomic mass is 10.0. The van der Waals surface area contributed by atoms with E-state index in [-0.39, 0.29) is 5.82 Å². The topological polar surface area (TPSA) is 52.5 Å². The number of aromatic nitrogens is 2. The second-order valence-corrected chi connectivity index (χ2v) is 7.46. The van der Waals surface area contributed by atoms with Crippen LogP contribution in [0, 0.1) is 12.7 Å². The van der Waals surface area contributed by atoms with Crippen LogP contribution in [0.2, 0.25) is 0 Å². The first-order chi connectivity index (χ1) is 14.1. The Morgan fingerprint density at radius 3 is 2.48 bits per heavy atom.